The zero-order valence-corrected chi connectivity index (χ0v) is 9.03. The maximum Gasteiger partial charge on any atom is 0.328 e. The Bertz CT molecular complexity index is 216. The predicted octanol–water partition coefficient (Wildman–Crippen LogP) is -0.353. The third-order valence-corrected chi connectivity index (χ3v) is 1.93. The van der Waals surface area contributed by atoms with Crippen molar-refractivity contribution in [3.63, 3.8) is 0 Å². The minimum atomic E-state index is -0.655. The quantitative estimate of drug-likeness (QED) is 0.610. The molecule has 82 valence electrons. The van der Waals surface area contributed by atoms with Gasteiger partial charge >= 0.3 is 5.97 Å². The number of amides is 1. The smallest absolute Gasteiger partial charge is 0.328 e. The SMILES string of the molecule is COC(=O)[C@H](C)NC(=O)[C@@H](N)C(C)C. The largest absolute Gasteiger partial charge is 0.467 e. The van der Waals surface area contributed by atoms with Crippen molar-refractivity contribution in [1.29, 1.82) is 0 Å². The van der Waals surface area contributed by atoms with Gasteiger partial charge in [0.25, 0.3) is 0 Å². The molecule has 0 aromatic rings. The van der Waals surface area contributed by atoms with Gasteiger partial charge in [0.1, 0.15) is 6.04 Å². The summed E-state index contributed by atoms with van der Waals surface area (Å²) in [5, 5.41) is 2.47. The summed E-state index contributed by atoms with van der Waals surface area (Å²) in [6.45, 7) is 5.23. The predicted molar refractivity (Wildman–Crippen MR) is 52.4 cm³/mol. The lowest BCUT2D eigenvalue weighted by atomic mass is 10.0. The van der Waals surface area contributed by atoms with E-state index in [1.54, 1.807) is 6.92 Å². The van der Waals surface area contributed by atoms with Gasteiger partial charge in [0.15, 0.2) is 0 Å². The van der Waals surface area contributed by atoms with E-state index >= 15 is 0 Å². The Morgan fingerprint density at radius 3 is 2.14 bits per heavy atom. The standard InChI is InChI=1S/C9H18N2O3/c1-5(2)7(10)8(12)11-6(3)9(13)14-4/h5-7H,10H2,1-4H3,(H,11,12)/t6-,7-/m0/s1. The number of hydrogen-bond acceptors (Lipinski definition) is 4. The number of nitrogens with one attached hydrogen (secondary N) is 1. The summed E-state index contributed by atoms with van der Waals surface area (Å²) >= 11 is 0. The van der Waals surface area contributed by atoms with Crippen molar-refractivity contribution in [3.05, 3.63) is 0 Å². The number of carbonyl (C=O) groups is 2. The number of carbonyl (C=O) groups excluding carboxylic acids is 2. The molecule has 3 N–H and O–H groups in total. The monoisotopic (exact) mass is 202 g/mol. The summed E-state index contributed by atoms with van der Waals surface area (Å²) in [6, 6.07) is -1.25. The number of hydrogen-bond donors (Lipinski definition) is 2. The zero-order valence-electron chi connectivity index (χ0n) is 9.03. The van der Waals surface area contributed by atoms with Gasteiger partial charge in [-0.3, -0.25) is 4.79 Å². The topological polar surface area (TPSA) is 81.4 Å². The second-order valence-electron chi connectivity index (χ2n) is 3.52. The molecule has 0 saturated heterocycles. The summed E-state index contributed by atoms with van der Waals surface area (Å²) in [5.41, 5.74) is 5.59. The third kappa shape index (κ3) is 3.74. The molecule has 0 aliphatic heterocycles. The Labute approximate surface area is 84.0 Å². The Morgan fingerprint density at radius 2 is 1.79 bits per heavy atom. The zero-order chi connectivity index (χ0) is 11.3. The molecule has 2 atom stereocenters. The fourth-order valence-electron chi connectivity index (χ4n) is 0.848. The van der Waals surface area contributed by atoms with Crippen LogP contribution in [0.4, 0.5) is 0 Å². The molecule has 0 rings (SSSR count). The molecule has 5 heteroatoms. The first-order valence-electron chi connectivity index (χ1n) is 4.54. The highest BCUT2D eigenvalue weighted by atomic mass is 16.5. The molecule has 0 aromatic carbocycles. The van der Waals surface area contributed by atoms with E-state index in [1.807, 2.05) is 13.8 Å². The summed E-state index contributed by atoms with van der Waals surface area (Å²) in [4.78, 5) is 22.3. The van der Waals surface area contributed by atoms with Crippen molar-refractivity contribution in [2.24, 2.45) is 11.7 Å². The molecule has 1 amide bonds. The molecule has 0 unspecified atom stereocenters. The highest BCUT2D eigenvalue weighted by Gasteiger charge is 2.22. The summed E-state index contributed by atoms with van der Waals surface area (Å²) in [7, 11) is 1.27. The average Bonchev–Trinajstić information content (AvgIpc) is 2.14. The number of nitrogens with two attached hydrogens (primary N) is 1. The van der Waals surface area contributed by atoms with Crippen LogP contribution in [0.15, 0.2) is 0 Å². The van der Waals surface area contributed by atoms with Gasteiger partial charge in [0, 0.05) is 0 Å². The molecular weight excluding hydrogens is 184 g/mol. The first-order valence-corrected chi connectivity index (χ1v) is 4.54. The van der Waals surface area contributed by atoms with Crippen LogP contribution in [0.25, 0.3) is 0 Å². The van der Waals surface area contributed by atoms with E-state index in [9.17, 15) is 9.59 Å². The van der Waals surface area contributed by atoms with Crippen molar-refractivity contribution in [2.45, 2.75) is 32.9 Å². The average molecular weight is 202 g/mol. The molecule has 0 aliphatic rings. The molecule has 0 fully saturated rings. The van der Waals surface area contributed by atoms with Crippen LogP contribution in [-0.2, 0) is 14.3 Å². The third-order valence-electron chi connectivity index (χ3n) is 1.93. The van der Waals surface area contributed by atoms with Crippen LogP contribution < -0.4 is 11.1 Å². The first-order chi connectivity index (χ1) is 6.40. The molecule has 5 nitrogen and oxygen atoms in total. The van der Waals surface area contributed by atoms with Gasteiger partial charge in [-0.15, -0.1) is 0 Å². The highest BCUT2D eigenvalue weighted by Crippen LogP contribution is 1.98. The van der Waals surface area contributed by atoms with Gasteiger partial charge < -0.3 is 15.8 Å². The van der Waals surface area contributed by atoms with Crippen molar-refractivity contribution >= 4 is 11.9 Å². The van der Waals surface area contributed by atoms with Crippen LogP contribution in [-0.4, -0.2) is 31.1 Å². The van der Waals surface area contributed by atoms with Gasteiger partial charge in [-0.25, -0.2) is 4.79 Å². The van der Waals surface area contributed by atoms with Gasteiger partial charge in [0.2, 0.25) is 5.91 Å². The van der Waals surface area contributed by atoms with E-state index in [0.717, 1.165) is 0 Å². The lowest BCUT2D eigenvalue weighted by molar-refractivity contribution is -0.144. The minimum Gasteiger partial charge on any atom is -0.467 e. The Morgan fingerprint density at radius 1 is 1.29 bits per heavy atom. The fourth-order valence-corrected chi connectivity index (χ4v) is 0.848. The maximum absolute atomic E-state index is 11.4. The molecule has 14 heavy (non-hydrogen) atoms. The van der Waals surface area contributed by atoms with E-state index in [0.29, 0.717) is 0 Å². The molecule has 0 aliphatic carbocycles. The maximum atomic E-state index is 11.4. The van der Waals surface area contributed by atoms with Crippen LogP contribution >= 0.6 is 0 Å². The number of methoxy groups -OCH3 is 1. The molecular formula is C9H18N2O3. The van der Waals surface area contributed by atoms with E-state index in [2.05, 4.69) is 10.1 Å². The Kier molecular flexibility index (Phi) is 5.15. The van der Waals surface area contributed by atoms with Crippen molar-refractivity contribution < 1.29 is 14.3 Å². The minimum absolute atomic E-state index is 0.0415. The number of rotatable bonds is 4. The van der Waals surface area contributed by atoms with E-state index in [1.165, 1.54) is 7.11 Å². The molecule has 0 aromatic heterocycles. The summed E-state index contributed by atoms with van der Waals surface area (Å²) < 4.78 is 4.46. The van der Waals surface area contributed by atoms with Gasteiger partial charge in [0.05, 0.1) is 13.2 Å². The van der Waals surface area contributed by atoms with E-state index in [-0.39, 0.29) is 11.8 Å². The van der Waals surface area contributed by atoms with Crippen LogP contribution in [0.1, 0.15) is 20.8 Å². The van der Waals surface area contributed by atoms with Crippen molar-refractivity contribution in [2.75, 3.05) is 7.11 Å². The molecule has 0 saturated carbocycles. The second kappa shape index (κ2) is 5.59. The number of esters is 1. The first kappa shape index (κ1) is 12.9. The summed E-state index contributed by atoms with van der Waals surface area (Å²) in [6.07, 6.45) is 0. The summed E-state index contributed by atoms with van der Waals surface area (Å²) in [5.74, 6) is -0.771. The molecule has 0 radical (unpaired) electrons. The lowest BCUT2D eigenvalue weighted by Gasteiger charge is -2.18. The van der Waals surface area contributed by atoms with Crippen LogP contribution in [0.5, 0.6) is 0 Å². The van der Waals surface area contributed by atoms with Gasteiger partial charge in [-0.05, 0) is 12.8 Å². The highest BCUT2D eigenvalue weighted by molar-refractivity contribution is 5.87. The second-order valence-corrected chi connectivity index (χ2v) is 3.52. The van der Waals surface area contributed by atoms with Gasteiger partial charge in [-0.2, -0.15) is 0 Å². The molecule has 0 heterocycles. The van der Waals surface area contributed by atoms with Crippen LogP contribution in [0, 0.1) is 5.92 Å². The fraction of sp³-hybridized carbons (Fsp3) is 0.778. The van der Waals surface area contributed by atoms with E-state index < -0.39 is 18.1 Å². The Balaban J connectivity index is 4.12. The molecule has 0 bridgehead atoms. The van der Waals surface area contributed by atoms with Crippen molar-refractivity contribution in [1.82, 2.24) is 5.32 Å². The van der Waals surface area contributed by atoms with Crippen LogP contribution in [0.3, 0.4) is 0 Å². The lowest BCUT2D eigenvalue weighted by Crippen LogP contribution is -2.49. The van der Waals surface area contributed by atoms with Gasteiger partial charge in [-0.1, -0.05) is 13.8 Å². The Hall–Kier alpha value is -1.10. The molecule has 0 spiro atoms. The van der Waals surface area contributed by atoms with Crippen molar-refractivity contribution in [3.8, 4) is 0 Å². The normalized spacial score (nSPS) is 14.7. The van der Waals surface area contributed by atoms with Crippen LogP contribution in [0.2, 0.25) is 0 Å². The van der Waals surface area contributed by atoms with E-state index in [4.69, 9.17) is 5.73 Å². The number of ether oxygens (including phenoxy) is 1.